The zero-order valence-corrected chi connectivity index (χ0v) is 6.36. The maximum Gasteiger partial charge on any atom is 0.121 e. The van der Waals surface area contributed by atoms with E-state index in [1.807, 2.05) is 0 Å². The zero-order valence-electron chi connectivity index (χ0n) is 9.77. The molecule has 10 heavy (non-hydrogen) atoms. The van der Waals surface area contributed by atoms with Gasteiger partial charge in [0.15, 0.2) is 0 Å². The molecule has 0 saturated carbocycles. The van der Waals surface area contributed by atoms with Crippen LogP contribution in [0, 0.1) is 0 Å². The first-order valence-electron chi connectivity index (χ1n) is 4.89. The third-order valence-corrected chi connectivity index (χ3v) is 1.27. The van der Waals surface area contributed by atoms with Gasteiger partial charge in [-0.05, 0) is 18.1 Å². The van der Waals surface area contributed by atoms with Crippen molar-refractivity contribution in [3.63, 3.8) is 0 Å². The molecule has 54 valence electrons. The molecule has 0 aliphatic carbocycles. The van der Waals surface area contributed by atoms with Gasteiger partial charge >= 0.3 is 0 Å². The van der Waals surface area contributed by atoms with Gasteiger partial charge in [-0.15, -0.1) is 0 Å². The van der Waals surface area contributed by atoms with Crippen LogP contribution in [0.15, 0.2) is 22.6 Å². The van der Waals surface area contributed by atoms with E-state index in [1.165, 1.54) is 0 Å². The minimum atomic E-state index is -2.92. The van der Waals surface area contributed by atoms with Crippen LogP contribution in [0.2, 0.25) is 0 Å². The molecule has 0 amide bonds. The number of phenols is 1. The number of aliphatic hydroxyl groups is 1. The standard InChI is InChI=1S/C7H7BrO2/c8-6-1-2-7(10)5(3-6)4-9/h1-3,9-10H,4H2/i1D,2D,3D,4D2. The molecule has 0 spiro atoms. The van der Waals surface area contributed by atoms with Crippen LogP contribution in [0.25, 0.3) is 0 Å². The monoisotopic (exact) mass is 207 g/mol. The highest BCUT2D eigenvalue weighted by Crippen LogP contribution is 2.21. The van der Waals surface area contributed by atoms with Crippen molar-refractivity contribution in [3.8, 4) is 5.75 Å². The van der Waals surface area contributed by atoms with Crippen molar-refractivity contribution in [1.29, 1.82) is 0 Å². The Hall–Kier alpha value is -0.540. The second-order valence-electron chi connectivity index (χ2n) is 1.52. The maximum absolute atomic E-state index is 9.37. The molecule has 0 unspecified atom stereocenters. The van der Waals surface area contributed by atoms with Crippen LogP contribution in [0.5, 0.6) is 5.75 Å². The van der Waals surface area contributed by atoms with E-state index in [9.17, 15) is 5.11 Å². The van der Waals surface area contributed by atoms with E-state index in [2.05, 4.69) is 15.9 Å². The van der Waals surface area contributed by atoms with Gasteiger partial charge in [-0.3, -0.25) is 0 Å². The lowest BCUT2D eigenvalue weighted by Crippen LogP contribution is -1.82. The molecule has 0 aliphatic rings. The van der Waals surface area contributed by atoms with Crippen molar-refractivity contribution in [2.75, 3.05) is 0 Å². The van der Waals surface area contributed by atoms with Gasteiger partial charge in [0.1, 0.15) is 5.75 Å². The first kappa shape index (κ1) is 3.24. The Kier molecular flexibility index (Phi) is 0.982. The molecule has 0 atom stereocenters. The van der Waals surface area contributed by atoms with Gasteiger partial charge in [-0.1, -0.05) is 15.9 Å². The van der Waals surface area contributed by atoms with E-state index >= 15 is 0 Å². The van der Waals surface area contributed by atoms with E-state index in [0.29, 0.717) is 0 Å². The molecule has 0 saturated heterocycles. The number of aromatic hydroxyl groups is 1. The summed E-state index contributed by atoms with van der Waals surface area (Å²) in [5, 5.41) is 18.4. The van der Waals surface area contributed by atoms with Crippen LogP contribution in [-0.4, -0.2) is 10.2 Å². The Bertz CT molecular complexity index is 386. The van der Waals surface area contributed by atoms with Crippen LogP contribution in [0.1, 0.15) is 12.4 Å². The SMILES string of the molecule is [2H]c1c([2H])c(Br)c([2H])c(C([2H])([2H])O)c1O. The van der Waals surface area contributed by atoms with Crippen molar-refractivity contribution in [2.45, 2.75) is 6.56 Å². The van der Waals surface area contributed by atoms with Crippen LogP contribution >= 0.6 is 15.9 Å². The molecule has 3 heteroatoms. The molecular formula is C7H7BrO2. The Morgan fingerprint density at radius 2 is 2.40 bits per heavy atom. The molecule has 1 aromatic rings. The summed E-state index contributed by atoms with van der Waals surface area (Å²) in [5.74, 6) is -0.888. The number of rotatable bonds is 1. The van der Waals surface area contributed by atoms with Gasteiger partial charge in [0.25, 0.3) is 0 Å². The predicted octanol–water partition coefficient (Wildman–Crippen LogP) is 1.65. The number of hydrogen-bond acceptors (Lipinski definition) is 2. The minimum Gasteiger partial charge on any atom is -0.508 e. The Balaban J connectivity index is 3.68. The fourth-order valence-corrected chi connectivity index (χ4v) is 0.755. The second kappa shape index (κ2) is 3.03. The highest BCUT2D eigenvalue weighted by Gasteiger charge is 1.98. The van der Waals surface area contributed by atoms with E-state index in [0.717, 1.165) is 0 Å². The molecule has 0 aromatic heterocycles. The fourth-order valence-electron chi connectivity index (χ4n) is 0.458. The summed E-state index contributed by atoms with van der Waals surface area (Å²) in [7, 11) is 0. The van der Waals surface area contributed by atoms with Gasteiger partial charge in [-0.25, -0.2) is 0 Å². The van der Waals surface area contributed by atoms with Crippen molar-refractivity contribution in [2.24, 2.45) is 0 Å². The maximum atomic E-state index is 9.37. The third kappa shape index (κ3) is 1.49. The van der Waals surface area contributed by atoms with E-state index < -0.39 is 36.0 Å². The van der Waals surface area contributed by atoms with Gasteiger partial charge in [0, 0.05) is 10.0 Å². The molecule has 1 rings (SSSR count). The van der Waals surface area contributed by atoms with Crippen LogP contribution in [0.4, 0.5) is 0 Å². The fraction of sp³-hybridized carbons (Fsp3) is 0.143. The van der Waals surface area contributed by atoms with Crippen LogP contribution in [0.3, 0.4) is 0 Å². The van der Waals surface area contributed by atoms with E-state index in [1.54, 1.807) is 0 Å². The Morgan fingerprint density at radius 1 is 1.70 bits per heavy atom. The molecule has 0 radical (unpaired) electrons. The number of hydrogen-bond donors (Lipinski definition) is 2. The first-order chi connectivity index (χ1) is 6.68. The zero-order chi connectivity index (χ0) is 12.0. The molecule has 0 bridgehead atoms. The van der Waals surface area contributed by atoms with Crippen molar-refractivity contribution in [3.05, 3.63) is 28.2 Å². The number of halogens is 1. The third-order valence-electron chi connectivity index (χ3n) is 0.874. The van der Waals surface area contributed by atoms with Crippen LogP contribution in [-0.2, 0) is 6.56 Å². The predicted molar refractivity (Wildman–Crippen MR) is 41.7 cm³/mol. The van der Waals surface area contributed by atoms with Gasteiger partial charge in [0.05, 0.1) is 13.4 Å². The molecule has 0 fully saturated rings. The summed E-state index contributed by atoms with van der Waals surface area (Å²) in [6.45, 7) is -2.92. The average Bonchev–Trinajstić information content (AvgIpc) is 2.09. The summed E-state index contributed by atoms with van der Waals surface area (Å²) in [6, 6.07) is -1.60. The van der Waals surface area contributed by atoms with Gasteiger partial charge in [0.2, 0.25) is 0 Å². The smallest absolute Gasteiger partial charge is 0.121 e. The number of benzene rings is 1. The molecule has 0 heterocycles. The summed E-state index contributed by atoms with van der Waals surface area (Å²) < 4.78 is 35.9. The highest BCUT2D eigenvalue weighted by atomic mass is 79.9. The summed E-state index contributed by atoms with van der Waals surface area (Å²) in [6.07, 6.45) is 0. The van der Waals surface area contributed by atoms with E-state index in [-0.39, 0.29) is 4.47 Å². The quantitative estimate of drug-likeness (QED) is 0.736. The van der Waals surface area contributed by atoms with Gasteiger partial charge < -0.3 is 10.2 Å². The van der Waals surface area contributed by atoms with Crippen molar-refractivity contribution in [1.82, 2.24) is 0 Å². The summed E-state index contributed by atoms with van der Waals surface area (Å²) in [5.41, 5.74) is -0.713. The normalized spacial score (nSPS) is 18.4. The topological polar surface area (TPSA) is 40.5 Å². The molecular weight excluding hydrogens is 196 g/mol. The Morgan fingerprint density at radius 3 is 3.00 bits per heavy atom. The first-order valence-corrected chi connectivity index (χ1v) is 3.18. The summed E-state index contributed by atoms with van der Waals surface area (Å²) >= 11 is 2.82. The van der Waals surface area contributed by atoms with Gasteiger partial charge in [-0.2, -0.15) is 0 Å². The van der Waals surface area contributed by atoms with Crippen LogP contribution < -0.4 is 0 Å². The van der Waals surface area contributed by atoms with Crippen molar-refractivity contribution < 1.29 is 17.1 Å². The lowest BCUT2D eigenvalue weighted by molar-refractivity contribution is 0.275. The minimum absolute atomic E-state index is 0.141. The Labute approximate surface area is 74.3 Å². The highest BCUT2D eigenvalue weighted by molar-refractivity contribution is 9.10. The second-order valence-corrected chi connectivity index (χ2v) is 2.32. The van der Waals surface area contributed by atoms with Crippen molar-refractivity contribution >= 4 is 15.9 Å². The average molecular weight is 208 g/mol. The molecule has 0 aliphatic heterocycles. The molecule has 2 N–H and O–H groups in total. The largest absolute Gasteiger partial charge is 0.508 e. The molecule has 2 nitrogen and oxygen atoms in total. The lowest BCUT2D eigenvalue weighted by atomic mass is 10.2. The lowest BCUT2D eigenvalue weighted by Gasteiger charge is -1.99. The van der Waals surface area contributed by atoms with E-state index in [4.69, 9.17) is 12.0 Å². The summed E-state index contributed by atoms with van der Waals surface area (Å²) in [4.78, 5) is 0. The molecule has 1 aromatic carbocycles.